The summed E-state index contributed by atoms with van der Waals surface area (Å²) in [5.74, 6) is 1.27. The maximum absolute atomic E-state index is 14.0. The van der Waals surface area contributed by atoms with Gasteiger partial charge in [-0.25, -0.2) is 4.39 Å². The zero-order chi connectivity index (χ0) is 13.3. The van der Waals surface area contributed by atoms with Crippen LogP contribution in [0.1, 0.15) is 37.9 Å². The predicted octanol–water partition coefficient (Wildman–Crippen LogP) is 4.51. The maximum atomic E-state index is 14.0. The monoisotopic (exact) mass is 331 g/mol. The van der Waals surface area contributed by atoms with E-state index in [2.05, 4.69) is 48.1 Å². The first kappa shape index (κ1) is 14.4. The molecule has 1 aromatic carbocycles. The van der Waals surface area contributed by atoms with Crippen LogP contribution < -0.4 is 5.32 Å². The van der Waals surface area contributed by atoms with Crippen molar-refractivity contribution in [2.24, 2.45) is 5.92 Å². The van der Waals surface area contributed by atoms with Crippen molar-refractivity contribution in [1.29, 1.82) is 0 Å². The van der Waals surface area contributed by atoms with Crippen LogP contribution in [0.4, 0.5) is 4.39 Å². The highest BCUT2D eigenvalue weighted by atomic mass is 79.9. The van der Waals surface area contributed by atoms with Gasteiger partial charge in [-0.15, -0.1) is 0 Å². The molecule has 100 valence electrons. The Bertz CT molecular complexity index is 436. The Morgan fingerprint density at radius 3 is 2.83 bits per heavy atom. The second kappa shape index (κ2) is 5.93. The van der Waals surface area contributed by atoms with Crippen molar-refractivity contribution in [1.82, 2.24) is 5.32 Å². The first-order chi connectivity index (χ1) is 8.54. The smallest absolute Gasteiger partial charge is 0.128 e. The maximum Gasteiger partial charge on any atom is 0.128 e. The second-order valence-corrected chi connectivity index (χ2v) is 7.09. The molecule has 1 heterocycles. The number of benzene rings is 1. The minimum absolute atomic E-state index is 0.0861. The van der Waals surface area contributed by atoms with Crippen molar-refractivity contribution in [3.05, 3.63) is 33.5 Å². The van der Waals surface area contributed by atoms with Gasteiger partial charge in [0, 0.05) is 27.1 Å². The topological polar surface area (TPSA) is 12.0 Å². The largest absolute Gasteiger partial charge is 0.309 e. The van der Waals surface area contributed by atoms with Gasteiger partial charge in [0.2, 0.25) is 0 Å². The minimum atomic E-state index is -0.0861. The van der Waals surface area contributed by atoms with Gasteiger partial charge in [-0.3, -0.25) is 0 Å². The van der Waals surface area contributed by atoms with E-state index in [1.54, 1.807) is 6.07 Å². The zero-order valence-corrected chi connectivity index (χ0v) is 13.4. The Morgan fingerprint density at radius 2 is 2.22 bits per heavy atom. The van der Waals surface area contributed by atoms with Crippen LogP contribution in [-0.4, -0.2) is 11.8 Å². The highest BCUT2D eigenvalue weighted by molar-refractivity contribution is 9.10. The molecule has 0 aromatic heterocycles. The summed E-state index contributed by atoms with van der Waals surface area (Å²) in [6, 6.07) is 3.88. The van der Waals surface area contributed by atoms with Crippen molar-refractivity contribution in [3.63, 3.8) is 0 Å². The fraction of sp³-hybridized carbons (Fsp3) is 0.571. The molecule has 0 saturated heterocycles. The molecule has 2 atom stereocenters. The van der Waals surface area contributed by atoms with Crippen LogP contribution in [-0.2, 0) is 5.75 Å². The van der Waals surface area contributed by atoms with Crippen molar-refractivity contribution in [3.8, 4) is 0 Å². The minimum Gasteiger partial charge on any atom is -0.309 e. The summed E-state index contributed by atoms with van der Waals surface area (Å²) >= 11 is 5.27. The third-order valence-electron chi connectivity index (χ3n) is 3.36. The average molecular weight is 332 g/mol. The van der Waals surface area contributed by atoms with Gasteiger partial charge < -0.3 is 5.32 Å². The number of nitrogens with one attached hydrogen (secondary N) is 1. The lowest BCUT2D eigenvalue weighted by Crippen LogP contribution is -2.36. The van der Waals surface area contributed by atoms with Crippen LogP contribution in [0.2, 0.25) is 0 Å². The molecule has 0 radical (unpaired) electrons. The highest BCUT2D eigenvalue weighted by Gasteiger charge is 2.33. The number of hydrogen-bond donors (Lipinski definition) is 1. The number of hydrogen-bond acceptors (Lipinski definition) is 2. The molecule has 1 aliphatic rings. The molecule has 1 nitrogen and oxygen atoms in total. The molecule has 0 aliphatic carbocycles. The van der Waals surface area contributed by atoms with Gasteiger partial charge in [0.05, 0.1) is 0 Å². The summed E-state index contributed by atoms with van der Waals surface area (Å²) < 4.78 is 14.8. The fourth-order valence-electron chi connectivity index (χ4n) is 2.53. The van der Waals surface area contributed by atoms with E-state index < -0.39 is 0 Å². The lowest BCUT2D eigenvalue weighted by molar-refractivity contribution is 0.443. The summed E-state index contributed by atoms with van der Waals surface area (Å²) in [5, 5.41) is 4.02. The van der Waals surface area contributed by atoms with E-state index in [0.29, 0.717) is 11.2 Å². The van der Waals surface area contributed by atoms with Gasteiger partial charge in [0.25, 0.3) is 0 Å². The Balaban J connectivity index is 2.45. The molecule has 1 aliphatic heterocycles. The lowest BCUT2D eigenvalue weighted by atomic mass is 9.92. The van der Waals surface area contributed by atoms with Crippen LogP contribution in [0.15, 0.2) is 16.6 Å². The van der Waals surface area contributed by atoms with Crippen molar-refractivity contribution in [2.75, 3.05) is 6.54 Å². The van der Waals surface area contributed by atoms with Gasteiger partial charge in [-0.2, -0.15) is 11.8 Å². The third kappa shape index (κ3) is 2.75. The SMILES string of the molecule is CCNC1c2cc(Br)cc(F)c2CSC1C(C)C. The van der Waals surface area contributed by atoms with Crippen LogP contribution in [0.25, 0.3) is 0 Å². The Kier molecular flexibility index (Phi) is 4.73. The molecule has 2 unspecified atom stereocenters. The molecule has 0 amide bonds. The molecule has 0 fully saturated rings. The number of thioether (sulfide) groups is 1. The van der Waals surface area contributed by atoms with E-state index in [4.69, 9.17) is 0 Å². The summed E-state index contributed by atoms with van der Waals surface area (Å²) in [7, 11) is 0. The standard InChI is InChI=1S/C14H19BrFNS/c1-4-17-13-10-5-9(15)6-12(16)11(10)7-18-14(13)8(2)3/h5-6,8,13-14,17H,4,7H2,1-3H3. The van der Waals surface area contributed by atoms with E-state index in [1.165, 1.54) is 0 Å². The van der Waals surface area contributed by atoms with Crippen molar-refractivity contribution >= 4 is 27.7 Å². The Labute approximate surface area is 121 Å². The van der Waals surface area contributed by atoms with Crippen LogP contribution >= 0.6 is 27.7 Å². The molecule has 18 heavy (non-hydrogen) atoms. The van der Waals surface area contributed by atoms with E-state index in [1.807, 2.05) is 11.8 Å². The molecule has 0 bridgehead atoms. The number of halogens is 2. The van der Waals surface area contributed by atoms with Crippen molar-refractivity contribution < 1.29 is 4.39 Å². The second-order valence-electron chi connectivity index (χ2n) is 5.01. The molecule has 1 aromatic rings. The van der Waals surface area contributed by atoms with Gasteiger partial charge >= 0.3 is 0 Å². The van der Waals surface area contributed by atoms with Crippen LogP contribution in [0, 0.1) is 11.7 Å². The van der Waals surface area contributed by atoms with E-state index in [9.17, 15) is 4.39 Å². The van der Waals surface area contributed by atoms with Gasteiger partial charge in [-0.05, 0) is 30.2 Å². The quantitative estimate of drug-likeness (QED) is 0.874. The predicted molar refractivity (Wildman–Crippen MR) is 80.4 cm³/mol. The first-order valence-corrected chi connectivity index (χ1v) is 8.21. The fourth-order valence-corrected chi connectivity index (χ4v) is 4.46. The number of rotatable bonds is 3. The molecule has 1 N–H and O–H groups in total. The summed E-state index contributed by atoms with van der Waals surface area (Å²) in [6.45, 7) is 7.48. The molecule has 0 saturated carbocycles. The first-order valence-electron chi connectivity index (χ1n) is 6.37. The molecular formula is C14H19BrFNS. The molecule has 2 rings (SSSR count). The van der Waals surface area contributed by atoms with E-state index in [0.717, 1.165) is 27.9 Å². The van der Waals surface area contributed by atoms with E-state index in [-0.39, 0.29) is 11.9 Å². The number of fused-ring (bicyclic) bond motifs is 1. The lowest BCUT2D eigenvalue weighted by Gasteiger charge is -2.36. The third-order valence-corrected chi connectivity index (χ3v) is 5.47. The summed E-state index contributed by atoms with van der Waals surface area (Å²) in [6.07, 6.45) is 0. The van der Waals surface area contributed by atoms with Crippen LogP contribution in [0.5, 0.6) is 0 Å². The normalized spacial score (nSPS) is 23.2. The molecule has 0 spiro atoms. The highest BCUT2D eigenvalue weighted by Crippen LogP contribution is 2.42. The zero-order valence-electron chi connectivity index (χ0n) is 11.0. The van der Waals surface area contributed by atoms with Gasteiger partial charge in [-0.1, -0.05) is 36.7 Å². The van der Waals surface area contributed by atoms with Crippen LogP contribution in [0.3, 0.4) is 0 Å². The molecular weight excluding hydrogens is 313 g/mol. The van der Waals surface area contributed by atoms with Crippen molar-refractivity contribution in [2.45, 2.75) is 37.8 Å². The molecule has 4 heteroatoms. The Hall–Kier alpha value is -0.0600. The van der Waals surface area contributed by atoms with E-state index >= 15 is 0 Å². The Morgan fingerprint density at radius 1 is 1.50 bits per heavy atom. The van der Waals surface area contributed by atoms with Gasteiger partial charge in [0.1, 0.15) is 5.82 Å². The summed E-state index contributed by atoms with van der Waals surface area (Å²) in [4.78, 5) is 0. The van der Waals surface area contributed by atoms with Gasteiger partial charge in [0.15, 0.2) is 0 Å². The average Bonchev–Trinajstić information content (AvgIpc) is 2.29. The summed E-state index contributed by atoms with van der Waals surface area (Å²) in [5.41, 5.74) is 1.99.